The Balaban J connectivity index is 2.29. The molecule has 0 saturated heterocycles. The molecule has 0 bridgehead atoms. The van der Waals surface area contributed by atoms with Gasteiger partial charge in [-0.2, -0.15) is 18.2 Å². The van der Waals surface area contributed by atoms with Crippen molar-refractivity contribution < 1.29 is 17.6 Å². The van der Waals surface area contributed by atoms with Crippen molar-refractivity contribution >= 4 is 11.8 Å². The standard InChI is InChI=1S/C13H15F3N4O/c1-8-4-5-9(21-8)7-20(3)11-6-10(13(14,15)16)18-12(17-2)19-11/h4-6H,7H2,1-3H3,(H,17,18,19). The number of hydrogen-bond donors (Lipinski definition) is 1. The number of anilines is 2. The van der Waals surface area contributed by atoms with E-state index in [2.05, 4.69) is 15.3 Å². The maximum Gasteiger partial charge on any atom is 0.433 e. The molecule has 0 aliphatic rings. The van der Waals surface area contributed by atoms with Crippen LogP contribution in [0.25, 0.3) is 0 Å². The topological polar surface area (TPSA) is 54.2 Å². The third-order valence-electron chi connectivity index (χ3n) is 2.81. The first kappa shape index (κ1) is 15.1. The average Bonchev–Trinajstić information content (AvgIpc) is 2.82. The second kappa shape index (κ2) is 5.63. The van der Waals surface area contributed by atoms with Crippen molar-refractivity contribution in [3.8, 4) is 0 Å². The third kappa shape index (κ3) is 3.65. The van der Waals surface area contributed by atoms with Crippen LogP contribution in [0.1, 0.15) is 17.2 Å². The molecule has 0 saturated carbocycles. The largest absolute Gasteiger partial charge is 0.464 e. The second-order valence-electron chi connectivity index (χ2n) is 4.55. The first-order valence-electron chi connectivity index (χ1n) is 6.20. The van der Waals surface area contributed by atoms with Gasteiger partial charge in [0.25, 0.3) is 0 Å². The van der Waals surface area contributed by atoms with Crippen LogP contribution in [0.3, 0.4) is 0 Å². The van der Waals surface area contributed by atoms with Gasteiger partial charge in [-0.25, -0.2) is 4.98 Å². The molecule has 0 atom stereocenters. The Morgan fingerprint density at radius 3 is 2.52 bits per heavy atom. The van der Waals surface area contributed by atoms with E-state index < -0.39 is 11.9 Å². The van der Waals surface area contributed by atoms with Crippen molar-refractivity contribution in [2.24, 2.45) is 0 Å². The smallest absolute Gasteiger partial charge is 0.433 e. The van der Waals surface area contributed by atoms with E-state index in [0.717, 1.165) is 11.8 Å². The molecule has 0 amide bonds. The van der Waals surface area contributed by atoms with Gasteiger partial charge in [-0.15, -0.1) is 0 Å². The quantitative estimate of drug-likeness (QED) is 0.940. The zero-order valence-electron chi connectivity index (χ0n) is 11.8. The molecule has 21 heavy (non-hydrogen) atoms. The Morgan fingerprint density at radius 1 is 1.29 bits per heavy atom. The minimum atomic E-state index is -4.52. The van der Waals surface area contributed by atoms with Crippen LogP contribution in [0.2, 0.25) is 0 Å². The molecule has 0 unspecified atom stereocenters. The molecule has 2 aromatic heterocycles. The van der Waals surface area contributed by atoms with Gasteiger partial charge >= 0.3 is 6.18 Å². The number of rotatable bonds is 4. The van der Waals surface area contributed by atoms with Crippen molar-refractivity contribution in [2.75, 3.05) is 24.3 Å². The predicted molar refractivity (Wildman–Crippen MR) is 72.1 cm³/mol. The number of aryl methyl sites for hydroxylation is 1. The Bertz CT molecular complexity index is 624. The number of aromatic nitrogens is 2. The summed E-state index contributed by atoms with van der Waals surface area (Å²) < 4.78 is 43.9. The fraction of sp³-hybridized carbons (Fsp3) is 0.385. The molecular formula is C13H15F3N4O. The van der Waals surface area contributed by atoms with Crippen molar-refractivity contribution in [1.82, 2.24) is 9.97 Å². The van der Waals surface area contributed by atoms with Crippen LogP contribution in [0.15, 0.2) is 22.6 Å². The molecule has 0 aliphatic heterocycles. The maximum absolute atomic E-state index is 12.8. The lowest BCUT2D eigenvalue weighted by Crippen LogP contribution is -2.20. The van der Waals surface area contributed by atoms with Gasteiger partial charge in [0.2, 0.25) is 5.95 Å². The summed E-state index contributed by atoms with van der Waals surface area (Å²) in [5.41, 5.74) is -0.987. The van der Waals surface area contributed by atoms with E-state index in [1.807, 2.05) is 0 Å². The highest BCUT2D eigenvalue weighted by molar-refractivity contribution is 5.45. The van der Waals surface area contributed by atoms with Gasteiger partial charge in [-0.3, -0.25) is 0 Å². The van der Waals surface area contributed by atoms with Gasteiger partial charge in [0.15, 0.2) is 5.69 Å². The lowest BCUT2D eigenvalue weighted by Gasteiger charge is -2.19. The van der Waals surface area contributed by atoms with E-state index in [1.165, 1.54) is 7.05 Å². The van der Waals surface area contributed by atoms with Crippen molar-refractivity contribution in [3.63, 3.8) is 0 Å². The second-order valence-corrected chi connectivity index (χ2v) is 4.55. The first-order valence-corrected chi connectivity index (χ1v) is 6.20. The number of nitrogens with zero attached hydrogens (tertiary/aromatic N) is 3. The summed E-state index contributed by atoms with van der Waals surface area (Å²) in [5.74, 6) is 1.47. The maximum atomic E-state index is 12.8. The summed E-state index contributed by atoms with van der Waals surface area (Å²) in [6.45, 7) is 2.11. The Labute approximate surface area is 119 Å². The van der Waals surface area contributed by atoms with Gasteiger partial charge in [0.1, 0.15) is 17.3 Å². The molecule has 0 spiro atoms. The Hall–Kier alpha value is -2.25. The average molecular weight is 300 g/mol. The molecule has 1 N–H and O–H groups in total. The van der Waals surface area contributed by atoms with Crippen LogP contribution in [-0.4, -0.2) is 24.1 Å². The highest BCUT2D eigenvalue weighted by Crippen LogP contribution is 2.30. The summed E-state index contributed by atoms with van der Waals surface area (Å²) in [6.07, 6.45) is -4.52. The fourth-order valence-electron chi connectivity index (χ4n) is 1.77. The van der Waals surface area contributed by atoms with Gasteiger partial charge < -0.3 is 14.6 Å². The van der Waals surface area contributed by atoms with E-state index in [9.17, 15) is 13.2 Å². The minimum Gasteiger partial charge on any atom is -0.464 e. The number of halogens is 3. The molecule has 2 heterocycles. The molecule has 8 heteroatoms. The molecule has 0 fully saturated rings. The van der Waals surface area contributed by atoms with Gasteiger partial charge in [0, 0.05) is 20.2 Å². The van der Waals surface area contributed by atoms with Crippen LogP contribution in [0.4, 0.5) is 24.9 Å². The van der Waals surface area contributed by atoms with Crippen LogP contribution in [0.5, 0.6) is 0 Å². The molecule has 2 aromatic rings. The Morgan fingerprint density at radius 2 is 2.00 bits per heavy atom. The normalized spacial score (nSPS) is 11.5. The van der Waals surface area contributed by atoms with E-state index in [0.29, 0.717) is 12.3 Å². The molecule has 0 radical (unpaired) electrons. The van der Waals surface area contributed by atoms with Crippen molar-refractivity contribution in [3.05, 3.63) is 35.4 Å². The summed E-state index contributed by atoms with van der Waals surface area (Å²) in [5, 5.41) is 2.53. The van der Waals surface area contributed by atoms with E-state index in [4.69, 9.17) is 4.42 Å². The lowest BCUT2D eigenvalue weighted by molar-refractivity contribution is -0.141. The number of furan rings is 1. The van der Waals surface area contributed by atoms with E-state index >= 15 is 0 Å². The summed E-state index contributed by atoms with van der Waals surface area (Å²) >= 11 is 0. The van der Waals surface area contributed by atoms with Gasteiger partial charge in [-0.05, 0) is 19.1 Å². The van der Waals surface area contributed by atoms with Crippen molar-refractivity contribution in [1.29, 1.82) is 0 Å². The third-order valence-corrected chi connectivity index (χ3v) is 2.81. The number of hydrogen-bond acceptors (Lipinski definition) is 5. The lowest BCUT2D eigenvalue weighted by atomic mass is 10.3. The molecule has 2 rings (SSSR count). The molecule has 114 valence electrons. The number of alkyl halides is 3. The predicted octanol–water partition coefficient (Wildman–Crippen LogP) is 3.07. The monoisotopic (exact) mass is 300 g/mol. The highest BCUT2D eigenvalue weighted by Gasteiger charge is 2.34. The summed E-state index contributed by atoms with van der Waals surface area (Å²) in [4.78, 5) is 9.02. The van der Waals surface area contributed by atoms with Crippen LogP contribution >= 0.6 is 0 Å². The summed E-state index contributed by atoms with van der Waals surface area (Å²) in [7, 11) is 3.11. The first-order chi connectivity index (χ1) is 9.79. The van der Waals surface area contributed by atoms with E-state index in [1.54, 1.807) is 31.0 Å². The van der Waals surface area contributed by atoms with Crippen LogP contribution < -0.4 is 10.2 Å². The molecular weight excluding hydrogens is 285 g/mol. The molecule has 0 aromatic carbocycles. The highest BCUT2D eigenvalue weighted by atomic mass is 19.4. The molecule has 0 aliphatic carbocycles. The van der Waals surface area contributed by atoms with Crippen molar-refractivity contribution in [2.45, 2.75) is 19.6 Å². The minimum absolute atomic E-state index is 0.0812. The fourth-order valence-corrected chi connectivity index (χ4v) is 1.77. The Kier molecular flexibility index (Phi) is 4.06. The van der Waals surface area contributed by atoms with E-state index in [-0.39, 0.29) is 11.8 Å². The number of nitrogens with one attached hydrogen (secondary N) is 1. The van der Waals surface area contributed by atoms with Crippen LogP contribution in [0, 0.1) is 6.92 Å². The summed E-state index contributed by atoms with van der Waals surface area (Å²) in [6, 6.07) is 4.48. The zero-order chi connectivity index (χ0) is 15.6. The van der Waals surface area contributed by atoms with Gasteiger partial charge in [-0.1, -0.05) is 0 Å². The SMILES string of the molecule is CNc1nc(N(C)Cc2ccc(C)o2)cc(C(F)(F)F)n1. The van der Waals surface area contributed by atoms with Crippen LogP contribution in [-0.2, 0) is 12.7 Å². The molecule has 5 nitrogen and oxygen atoms in total. The van der Waals surface area contributed by atoms with Gasteiger partial charge in [0.05, 0.1) is 6.54 Å². The zero-order valence-corrected chi connectivity index (χ0v) is 11.8.